The van der Waals surface area contributed by atoms with Crippen LogP contribution in [0.25, 0.3) is 0 Å². The molecule has 0 radical (unpaired) electrons. The Morgan fingerprint density at radius 1 is 1.06 bits per heavy atom. The number of hydrogen-bond donors (Lipinski definition) is 2. The molecule has 1 fully saturated rings. The molecule has 2 aliphatic rings. The number of phenolic OH excluding ortho intramolecular Hbond substituents is 1. The van der Waals surface area contributed by atoms with E-state index < -0.39 is 0 Å². The van der Waals surface area contributed by atoms with Gasteiger partial charge in [-0.05, 0) is 67.8 Å². The highest BCUT2D eigenvalue weighted by molar-refractivity contribution is 5.47. The van der Waals surface area contributed by atoms with Crippen molar-refractivity contribution >= 4 is 0 Å². The molecule has 0 saturated carbocycles. The van der Waals surface area contributed by atoms with Crippen LogP contribution in [0.2, 0.25) is 0 Å². The minimum atomic E-state index is 0.511. The highest BCUT2D eigenvalue weighted by Crippen LogP contribution is 2.36. The fourth-order valence-electron chi connectivity index (χ4n) is 3.15. The molecule has 0 aromatic heterocycles. The van der Waals surface area contributed by atoms with Crippen LogP contribution in [0.5, 0.6) is 5.75 Å². The van der Waals surface area contributed by atoms with E-state index in [2.05, 4.69) is 11.4 Å². The Morgan fingerprint density at radius 2 is 1.88 bits per heavy atom. The van der Waals surface area contributed by atoms with E-state index in [4.69, 9.17) is 0 Å². The van der Waals surface area contributed by atoms with Gasteiger partial charge in [0.2, 0.25) is 0 Å². The van der Waals surface area contributed by atoms with E-state index in [0.717, 1.165) is 19.4 Å². The van der Waals surface area contributed by atoms with Gasteiger partial charge in [0.05, 0.1) is 0 Å². The van der Waals surface area contributed by atoms with Crippen LogP contribution in [0.4, 0.5) is 0 Å². The quantitative estimate of drug-likeness (QED) is 0.758. The molecule has 1 saturated heterocycles. The SMILES string of the molecule is Oc1ccc([C@@H]2CCCN2)c2c1CCCC2. The molecular formula is C14H19NO. The van der Waals surface area contributed by atoms with Gasteiger partial charge in [0, 0.05) is 6.04 Å². The summed E-state index contributed by atoms with van der Waals surface area (Å²) < 4.78 is 0. The van der Waals surface area contributed by atoms with Crippen molar-refractivity contribution in [2.75, 3.05) is 6.54 Å². The largest absolute Gasteiger partial charge is 0.508 e. The third-order valence-electron chi connectivity index (χ3n) is 3.98. The summed E-state index contributed by atoms with van der Waals surface area (Å²) >= 11 is 0. The topological polar surface area (TPSA) is 32.3 Å². The van der Waals surface area contributed by atoms with Gasteiger partial charge in [0.25, 0.3) is 0 Å². The van der Waals surface area contributed by atoms with Crippen molar-refractivity contribution in [2.45, 2.75) is 44.6 Å². The Balaban J connectivity index is 2.04. The van der Waals surface area contributed by atoms with E-state index in [9.17, 15) is 5.11 Å². The standard InChI is InChI=1S/C14H19NO/c16-14-8-7-11(13-6-3-9-15-13)10-4-1-2-5-12(10)14/h7-8,13,15-16H,1-6,9H2/t13-/m0/s1. The van der Waals surface area contributed by atoms with E-state index >= 15 is 0 Å². The third-order valence-corrected chi connectivity index (χ3v) is 3.98. The van der Waals surface area contributed by atoms with E-state index in [1.54, 1.807) is 0 Å². The van der Waals surface area contributed by atoms with E-state index in [1.165, 1.54) is 42.4 Å². The summed E-state index contributed by atoms with van der Waals surface area (Å²) in [5, 5.41) is 13.5. The zero-order chi connectivity index (χ0) is 11.0. The van der Waals surface area contributed by atoms with Crippen molar-refractivity contribution in [3.05, 3.63) is 28.8 Å². The van der Waals surface area contributed by atoms with Crippen molar-refractivity contribution in [1.29, 1.82) is 0 Å². The van der Waals surface area contributed by atoms with Gasteiger partial charge in [0.1, 0.15) is 5.75 Å². The average Bonchev–Trinajstić information content (AvgIpc) is 2.83. The van der Waals surface area contributed by atoms with E-state index in [0.29, 0.717) is 11.8 Å². The molecule has 2 N–H and O–H groups in total. The van der Waals surface area contributed by atoms with Crippen molar-refractivity contribution in [1.82, 2.24) is 5.32 Å². The second kappa shape index (κ2) is 4.10. The zero-order valence-corrected chi connectivity index (χ0v) is 9.63. The molecule has 1 aromatic rings. The normalized spacial score (nSPS) is 24.4. The maximum absolute atomic E-state index is 9.90. The van der Waals surface area contributed by atoms with E-state index in [1.807, 2.05) is 6.07 Å². The third kappa shape index (κ3) is 1.61. The fraction of sp³-hybridized carbons (Fsp3) is 0.571. The summed E-state index contributed by atoms with van der Waals surface area (Å²) in [6, 6.07) is 4.55. The van der Waals surface area contributed by atoms with Crippen molar-refractivity contribution in [3.63, 3.8) is 0 Å². The molecule has 1 aliphatic carbocycles. The Morgan fingerprint density at radius 3 is 2.62 bits per heavy atom. The number of aromatic hydroxyl groups is 1. The van der Waals surface area contributed by atoms with Gasteiger partial charge in [-0.2, -0.15) is 0 Å². The summed E-state index contributed by atoms with van der Waals surface area (Å²) in [6.07, 6.45) is 7.23. The molecule has 2 heteroatoms. The summed E-state index contributed by atoms with van der Waals surface area (Å²) in [5.41, 5.74) is 4.10. The van der Waals surface area contributed by atoms with Gasteiger partial charge in [-0.25, -0.2) is 0 Å². The molecule has 0 spiro atoms. The molecule has 86 valence electrons. The Labute approximate surface area is 96.7 Å². The first-order chi connectivity index (χ1) is 7.86. The van der Waals surface area contributed by atoms with Gasteiger partial charge < -0.3 is 10.4 Å². The molecule has 1 aromatic carbocycles. The van der Waals surface area contributed by atoms with Crippen LogP contribution in [-0.4, -0.2) is 11.7 Å². The lowest BCUT2D eigenvalue weighted by molar-refractivity contribution is 0.460. The minimum Gasteiger partial charge on any atom is -0.508 e. The fourth-order valence-corrected chi connectivity index (χ4v) is 3.15. The van der Waals surface area contributed by atoms with Gasteiger partial charge >= 0.3 is 0 Å². The Hall–Kier alpha value is -1.02. The maximum Gasteiger partial charge on any atom is 0.119 e. The molecule has 1 aliphatic heterocycles. The van der Waals surface area contributed by atoms with Crippen LogP contribution in [0.1, 0.15) is 48.4 Å². The molecule has 0 amide bonds. The van der Waals surface area contributed by atoms with E-state index in [-0.39, 0.29) is 0 Å². The van der Waals surface area contributed by atoms with Gasteiger partial charge in [0.15, 0.2) is 0 Å². The molecule has 0 unspecified atom stereocenters. The van der Waals surface area contributed by atoms with Crippen LogP contribution < -0.4 is 5.32 Å². The van der Waals surface area contributed by atoms with Crippen molar-refractivity contribution in [2.24, 2.45) is 0 Å². The number of hydrogen-bond acceptors (Lipinski definition) is 2. The molecule has 1 atom stereocenters. The highest BCUT2D eigenvalue weighted by Gasteiger charge is 2.23. The second-order valence-corrected chi connectivity index (χ2v) is 4.99. The number of fused-ring (bicyclic) bond motifs is 1. The summed E-state index contributed by atoms with van der Waals surface area (Å²) in [4.78, 5) is 0. The maximum atomic E-state index is 9.90. The smallest absolute Gasteiger partial charge is 0.119 e. The van der Waals surface area contributed by atoms with Crippen LogP contribution in [0, 0.1) is 0 Å². The van der Waals surface area contributed by atoms with Gasteiger partial charge in [-0.15, -0.1) is 0 Å². The lowest BCUT2D eigenvalue weighted by Gasteiger charge is -2.23. The van der Waals surface area contributed by atoms with Crippen LogP contribution in [0.15, 0.2) is 12.1 Å². The predicted octanol–water partition coefficient (Wildman–Crippen LogP) is 2.70. The number of phenols is 1. The number of rotatable bonds is 1. The van der Waals surface area contributed by atoms with Crippen LogP contribution in [0.3, 0.4) is 0 Å². The first-order valence-corrected chi connectivity index (χ1v) is 6.43. The van der Waals surface area contributed by atoms with Gasteiger partial charge in [-0.3, -0.25) is 0 Å². The summed E-state index contributed by atoms with van der Waals surface area (Å²) in [5.74, 6) is 0.511. The summed E-state index contributed by atoms with van der Waals surface area (Å²) in [6.45, 7) is 1.14. The lowest BCUT2D eigenvalue weighted by atomic mass is 9.85. The lowest BCUT2D eigenvalue weighted by Crippen LogP contribution is -2.17. The first-order valence-electron chi connectivity index (χ1n) is 6.43. The summed E-state index contributed by atoms with van der Waals surface area (Å²) in [7, 11) is 0. The predicted molar refractivity (Wildman–Crippen MR) is 64.7 cm³/mol. The van der Waals surface area contributed by atoms with Crippen LogP contribution in [-0.2, 0) is 12.8 Å². The van der Waals surface area contributed by atoms with Gasteiger partial charge in [-0.1, -0.05) is 6.07 Å². The molecule has 16 heavy (non-hydrogen) atoms. The number of benzene rings is 1. The number of nitrogens with one attached hydrogen (secondary N) is 1. The van der Waals surface area contributed by atoms with Crippen LogP contribution >= 0.6 is 0 Å². The molecule has 1 heterocycles. The highest BCUT2D eigenvalue weighted by atomic mass is 16.3. The minimum absolute atomic E-state index is 0.511. The zero-order valence-electron chi connectivity index (χ0n) is 9.63. The molecule has 2 nitrogen and oxygen atoms in total. The average molecular weight is 217 g/mol. The Kier molecular flexibility index (Phi) is 2.60. The molecular weight excluding hydrogens is 198 g/mol. The molecule has 3 rings (SSSR count). The first kappa shape index (κ1) is 10.2. The van der Waals surface area contributed by atoms with Crippen molar-refractivity contribution < 1.29 is 5.11 Å². The van der Waals surface area contributed by atoms with Crippen molar-refractivity contribution in [3.8, 4) is 5.75 Å². The molecule has 0 bridgehead atoms. The Bertz CT molecular complexity index is 394. The second-order valence-electron chi connectivity index (χ2n) is 4.99. The monoisotopic (exact) mass is 217 g/mol.